The van der Waals surface area contributed by atoms with Crippen molar-refractivity contribution in [3.63, 3.8) is 0 Å². The van der Waals surface area contributed by atoms with E-state index in [1.807, 2.05) is 11.3 Å². The second-order valence-electron chi connectivity index (χ2n) is 12.2. The molecule has 1 aromatic heterocycles. The van der Waals surface area contributed by atoms with Gasteiger partial charge in [-0.1, -0.05) is 127 Å². The third kappa shape index (κ3) is 3.35. The molecule has 0 radical (unpaired) electrons. The van der Waals surface area contributed by atoms with Gasteiger partial charge in [0, 0.05) is 37.1 Å². The third-order valence-corrected chi connectivity index (χ3v) is 11.4. The molecular weight excluding hydrogens is 598 g/mol. The summed E-state index contributed by atoms with van der Waals surface area (Å²) in [6, 6.07) is 57.4. The Morgan fingerprint density at radius 2 is 1.04 bits per heavy atom. The summed E-state index contributed by atoms with van der Waals surface area (Å²) in [6.45, 7) is 0. The predicted molar refractivity (Wildman–Crippen MR) is 195 cm³/mol. The van der Waals surface area contributed by atoms with Gasteiger partial charge in [-0.2, -0.15) is 0 Å². The van der Waals surface area contributed by atoms with E-state index in [1.165, 1.54) is 64.7 Å². The Hall–Kier alpha value is -5.15. The van der Waals surface area contributed by atoms with Crippen LogP contribution in [0.1, 0.15) is 22.3 Å². The minimum atomic E-state index is -0.436. The summed E-state index contributed by atoms with van der Waals surface area (Å²) in [6.07, 6.45) is 0. The summed E-state index contributed by atoms with van der Waals surface area (Å²) >= 11 is 9.26. The van der Waals surface area contributed by atoms with Crippen molar-refractivity contribution in [2.24, 2.45) is 0 Å². The Morgan fingerprint density at radius 1 is 0.457 bits per heavy atom. The average Bonchev–Trinajstić information content (AvgIpc) is 3.74. The van der Waals surface area contributed by atoms with E-state index >= 15 is 0 Å². The molecule has 0 unspecified atom stereocenters. The second kappa shape index (κ2) is 9.67. The highest BCUT2D eigenvalue weighted by Crippen LogP contribution is 2.65. The first-order valence-electron chi connectivity index (χ1n) is 15.6. The molecule has 1 heterocycles. The Bertz CT molecular complexity index is 2460. The van der Waals surface area contributed by atoms with E-state index in [0.29, 0.717) is 0 Å². The Balaban J connectivity index is 1.32. The monoisotopic (exact) mass is 623 g/mol. The smallest absolute Gasteiger partial charge is 0.0729 e. The fourth-order valence-corrected chi connectivity index (χ4v) is 9.52. The molecule has 0 fully saturated rings. The quantitative estimate of drug-likeness (QED) is 0.189. The first-order valence-corrected chi connectivity index (χ1v) is 16.8. The number of rotatable bonds is 3. The van der Waals surface area contributed by atoms with Gasteiger partial charge in [-0.25, -0.2) is 0 Å². The topological polar surface area (TPSA) is 3.24 Å². The molecule has 46 heavy (non-hydrogen) atoms. The SMILES string of the molecule is Clc1ccc2c(c1N(c1ccccc1)c1ccc3sc4ccccc4c3c1)-c1ccccc1C21c2ccccc2-c2ccccc21. The lowest BCUT2D eigenvalue weighted by Crippen LogP contribution is -2.26. The first kappa shape index (κ1) is 26.1. The summed E-state index contributed by atoms with van der Waals surface area (Å²) in [5.74, 6) is 0. The third-order valence-electron chi connectivity index (χ3n) is 9.94. The number of thiophene rings is 1. The standard InChI is InChI=1S/C43H26ClNS/c44-38-24-23-37-41(32-17-6-10-20-36(32)43(37)34-18-8-4-14-29(34)30-15-5-9-19-35(30)43)42(38)45(27-12-2-1-3-13-27)28-22-25-40-33(26-28)31-16-7-11-21-39(31)46-40/h1-26H. The lowest BCUT2D eigenvalue weighted by atomic mass is 9.70. The van der Waals surface area contributed by atoms with Gasteiger partial charge in [0.05, 0.1) is 16.1 Å². The van der Waals surface area contributed by atoms with Gasteiger partial charge in [0.1, 0.15) is 0 Å². The van der Waals surface area contributed by atoms with Gasteiger partial charge in [-0.05, 0) is 81.4 Å². The zero-order valence-electron chi connectivity index (χ0n) is 24.7. The van der Waals surface area contributed by atoms with Crippen LogP contribution in [0.2, 0.25) is 5.02 Å². The molecule has 10 rings (SSSR count). The minimum Gasteiger partial charge on any atom is -0.308 e. The van der Waals surface area contributed by atoms with Gasteiger partial charge in [-0.15, -0.1) is 11.3 Å². The predicted octanol–water partition coefficient (Wildman–Crippen LogP) is 12.5. The van der Waals surface area contributed by atoms with Crippen LogP contribution in [0.25, 0.3) is 42.4 Å². The van der Waals surface area contributed by atoms with Crippen LogP contribution in [0.5, 0.6) is 0 Å². The van der Waals surface area contributed by atoms with E-state index in [0.717, 1.165) is 22.1 Å². The van der Waals surface area contributed by atoms with Crippen molar-refractivity contribution in [2.75, 3.05) is 4.90 Å². The maximum atomic E-state index is 7.42. The molecule has 3 heteroatoms. The van der Waals surface area contributed by atoms with E-state index in [-0.39, 0.29) is 0 Å². The lowest BCUT2D eigenvalue weighted by Gasteiger charge is -2.32. The number of anilines is 3. The number of nitrogens with zero attached hydrogens (tertiary/aromatic N) is 1. The summed E-state index contributed by atoms with van der Waals surface area (Å²) in [4.78, 5) is 2.37. The summed E-state index contributed by atoms with van der Waals surface area (Å²) in [7, 11) is 0. The Labute approximate surface area is 276 Å². The number of hydrogen-bond acceptors (Lipinski definition) is 2. The molecule has 0 aliphatic heterocycles. The van der Waals surface area contributed by atoms with Gasteiger partial charge in [0.2, 0.25) is 0 Å². The van der Waals surface area contributed by atoms with Crippen molar-refractivity contribution in [1.29, 1.82) is 0 Å². The molecule has 1 spiro atoms. The normalized spacial score (nSPS) is 13.5. The molecule has 1 nitrogen and oxygen atoms in total. The highest BCUT2D eigenvalue weighted by Gasteiger charge is 2.52. The van der Waals surface area contributed by atoms with Crippen molar-refractivity contribution < 1.29 is 0 Å². The summed E-state index contributed by atoms with van der Waals surface area (Å²) in [5.41, 5.74) is 13.0. The molecule has 0 amide bonds. The van der Waals surface area contributed by atoms with Crippen molar-refractivity contribution in [3.8, 4) is 22.3 Å². The van der Waals surface area contributed by atoms with E-state index in [4.69, 9.17) is 11.6 Å². The summed E-state index contributed by atoms with van der Waals surface area (Å²) < 4.78 is 2.58. The van der Waals surface area contributed by atoms with Crippen LogP contribution in [0.4, 0.5) is 17.1 Å². The molecule has 8 aromatic rings. The summed E-state index contributed by atoms with van der Waals surface area (Å²) in [5, 5.41) is 3.27. The van der Waals surface area contributed by atoms with Crippen molar-refractivity contribution in [3.05, 3.63) is 185 Å². The Kier molecular flexibility index (Phi) is 5.49. The van der Waals surface area contributed by atoms with E-state index in [9.17, 15) is 0 Å². The lowest BCUT2D eigenvalue weighted by molar-refractivity contribution is 0.794. The maximum absolute atomic E-state index is 7.42. The van der Waals surface area contributed by atoms with E-state index in [1.54, 1.807) is 0 Å². The molecule has 216 valence electrons. The van der Waals surface area contributed by atoms with Crippen molar-refractivity contribution in [2.45, 2.75) is 5.41 Å². The highest BCUT2D eigenvalue weighted by atomic mass is 35.5. The van der Waals surface area contributed by atoms with Crippen LogP contribution in [-0.2, 0) is 5.41 Å². The molecular formula is C43H26ClNS. The number of fused-ring (bicyclic) bond motifs is 13. The van der Waals surface area contributed by atoms with Gasteiger partial charge < -0.3 is 4.90 Å². The van der Waals surface area contributed by atoms with Gasteiger partial charge >= 0.3 is 0 Å². The highest BCUT2D eigenvalue weighted by molar-refractivity contribution is 7.25. The van der Waals surface area contributed by atoms with Gasteiger partial charge in [0.15, 0.2) is 0 Å². The largest absolute Gasteiger partial charge is 0.308 e. The van der Waals surface area contributed by atoms with Crippen LogP contribution in [0.15, 0.2) is 158 Å². The van der Waals surface area contributed by atoms with E-state index < -0.39 is 5.41 Å². The van der Waals surface area contributed by atoms with Crippen LogP contribution in [0, 0.1) is 0 Å². The average molecular weight is 624 g/mol. The molecule has 0 bridgehead atoms. The maximum Gasteiger partial charge on any atom is 0.0729 e. The van der Waals surface area contributed by atoms with Gasteiger partial charge in [-0.3, -0.25) is 0 Å². The van der Waals surface area contributed by atoms with Crippen molar-refractivity contribution in [1.82, 2.24) is 0 Å². The zero-order chi connectivity index (χ0) is 30.4. The van der Waals surface area contributed by atoms with Crippen LogP contribution < -0.4 is 4.90 Å². The minimum absolute atomic E-state index is 0.436. The molecule has 0 N–H and O–H groups in total. The molecule has 2 aliphatic carbocycles. The van der Waals surface area contributed by atoms with Crippen LogP contribution in [-0.4, -0.2) is 0 Å². The molecule has 7 aromatic carbocycles. The van der Waals surface area contributed by atoms with Crippen LogP contribution in [0.3, 0.4) is 0 Å². The number of hydrogen-bond donors (Lipinski definition) is 0. The van der Waals surface area contributed by atoms with Crippen LogP contribution >= 0.6 is 22.9 Å². The van der Waals surface area contributed by atoms with Gasteiger partial charge in [0.25, 0.3) is 0 Å². The second-order valence-corrected chi connectivity index (χ2v) is 13.6. The fraction of sp³-hybridized carbons (Fsp3) is 0.0233. The zero-order valence-corrected chi connectivity index (χ0v) is 26.3. The number of halogens is 1. The molecule has 0 atom stereocenters. The number of para-hydroxylation sites is 1. The fourth-order valence-electron chi connectivity index (χ4n) is 8.20. The van der Waals surface area contributed by atoms with Crippen molar-refractivity contribution >= 4 is 60.2 Å². The first-order chi connectivity index (χ1) is 22.7. The molecule has 0 saturated carbocycles. The molecule has 0 saturated heterocycles. The molecule has 2 aliphatic rings. The number of benzene rings is 7. The Morgan fingerprint density at radius 3 is 1.78 bits per heavy atom. The van der Waals surface area contributed by atoms with E-state index in [2.05, 4.69) is 163 Å².